The molecule has 2 nitrogen and oxygen atoms in total. The van der Waals surface area contributed by atoms with Crippen LogP contribution in [0.1, 0.15) is 23.7 Å². The molecule has 0 saturated heterocycles. The number of benzene rings is 1. The maximum absolute atomic E-state index is 10.9. The molecule has 0 amide bonds. The van der Waals surface area contributed by atoms with Gasteiger partial charge in [-0.2, -0.15) is 11.8 Å². The van der Waals surface area contributed by atoms with Crippen LogP contribution in [0.2, 0.25) is 10.0 Å². The number of aldehydes is 1. The van der Waals surface area contributed by atoms with E-state index in [1.54, 1.807) is 12.1 Å². The van der Waals surface area contributed by atoms with E-state index in [9.17, 15) is 4.79 Å². The molecule has 0 heterocycles. The number of rotatable bonds is 7. The molecule has 1 aromatic carbocycles. The zero-order chi connectivity index (χ0) is 12.7. The lowest BCUT2D eigenvalue weighted by atomic mass is 10.2. The lowest BCUT2D eigenvalue weighted by molar-refractivity contribution is 0.111. The third-order valence-corrected chi connectivity index (χ3v) is 3.53. The van der Waals surface area contributed by atoms with Crippen molar-refractivity contribution in [1.29, 1.82) is 0 Å². The molecule has 0 spiro atoms. The van der Waals surface area contributed by atoms with Crippen molar-refractivity contribution < 1.29 is 9.53 Å². The molecule has 0 atom stereocenters. The standard InChI is InChI=1S/C12H14Cl2O2S/c1-2-17-5-3-4-16-12-9(8-15)6-10(13)7-11(12)14/h6-8H,2-5H2,1H3. The smallest absolute Gasteiger partial charge is 0.153 e. The topological polar surface area (TPSA) is 26.3 Å². The average molecular weight is 293 g/mol. The second-order valence-corrected chi connectivity index (χ2v) is 5.56. The van der Waals surface area contributed by atoms with Gasteiger partial charge in [-0.25, -0.2) is 0 Å². The Hall–Kier alpha value is -0.380. The Bertz CT molecular complexity index is 383. The summed E-state index contributed by atoms with van der Waals surface area (Å²) in [5.74, 6) is 2.56. The van der Waals surface area contributed by atoms with E-state index in [1.807, 2.05) is 11.8 Å². The minimum atomic E-state index is 0.378. The Kier molecular flexibility index (Phi) is 6.78. The van der Waals surface area contributed by atoms with E-state index in [2.05, 4.69) is 6.92 Å². The Morgan fingerprint density at radius 2 is 2.18 bits per heavy atom. The molecule has 0 N–H and O–H groups in total. The Labute approximate surface area is 116 Å². The molecule has 0 aromatic heterocycles. The minimum Gasteiger partial charge on any atom is -0.491 e. The first-order valence-electron chi connectivity index (χ1n) is 5.33. The van der Waals surface area contributed by atoms with Gasteiger partial charge in [-0.3, -0.25) is 4.79 Å². The summed E-state index contributed by atoms with van der Waals surface area (Å²) in [6, 6.07) is 3.13. The summed E-state index contributed by atoms with van der Waals surface area (Å²) >= 11 is 13.6. The van der Waals surface area contributed by atoms with Crippen molar-refractivity contribution in [2.45, 2.75) is 13.3 Å². The first-order chi connectivity index (χ1) is 8.19. The number of thioether (sulfide) groups is 1. The maximum atomic E-state index is 10.9. The van der Waals surface area contributed by atoms with E-state index in [1.165, 1.54) is 0 Å². The van der Waals surface area contributed by atoms with Crippen LogP contribution in [0.25, 0.3) is 0 Å². The summed E-state index contributed by atoms with van der Waals surface area (Å²) in [4.78, 5) is 10.9. The number of halogens is 2. The predicted octanol–water partition coefficient (Wildman–Crippen LogP) is 4.33. The second-order valence-electron chi connectivity index (χ2n) is 3.32. The number of ether oxygens (including phenoxy) is 1. The van der Waals surface area contributed by atoms with Crippen LogP contribution in [-0.4, -0.2) is 24.4 Å². The van der Waals surface area contributed by atoms with Crippen molar-refractivity contribution in [2.24, 2.45) is 0 Å². The fraction of sp³-hybridized carbons (Fsp3) is 0.417. The molecular weight excluding hydrogens is 279 g/mol. The molecule has 0 radical (unpaired) electrons. The molecule has 0 fully saturated rings. The summed E-state index contributed by atoms with van der Waals surface area (Å²) in [6.07, 6.45) is 1.63. The summed E-state index contributed by atoms with van der Waals surface area (Å²) in [6.45, 7) is 2.67. The first kappa shape index (κ1) is 14.7. The fourth-order valence-corrected chi connectivity index (χ4v) is 2.47. The summed E-state index contributed by atoms with van der Waals surface area (Å²) in [5.41, 5.74) is 0.394. The Balaban J connectivity index is 2.60. The van der Waals surface area contributed by atoms with Crippen LogP contribution in [-0.2, 0) is 0 Å². The van der Waals surface area contributed by atoms with Crippen molar-refractivity contribution in [2.75, 3.05) is 18.1 Å². The van der Waals surface area contributed by atoms with Crippen LogP contribution < -0.4 is 4.74 Å². The predicted molar refractivity (Wildman–Crippen MR) is 75.0 cm³/mol. The lowest BCUT2D eigenvalue weighted by Crippen LogP contribution is -2.02. The summed E-state index contributed by atoms with van der Waals surface area (Å²) in [7, 11) is 0. The van der Waals surface area contributed by atoms with Crippen LogP contribution in [0.5, 0.6) is 5.75 Å². The Morgan fingerprint density at radius 1 is 1.41 bits per heavy atom. The van der Waals surface area contributed by atoms with Crippen LogP contribution in [0.15, 0.2) is 12.1 Å². The van der Waals surface area contributed by atoms with Gasteiger partial charge in [0.05, 0.1) is 17.2 Å². The molecule has 1 rings (SSSR count). The largest absolute Gasteiger partial charge is 0.491 e. The van der Waals surface area contributed by atoms with Gasteiger partial charge in [-0.05, 0) is 30.1 Å². The van der Waals surface area contributed by atoms with Crippen molar-refractivity contribution >= 4 is 41.2 Å². The molecule has 0 aliphatic heterocycles. The van der Waals surface area contributed by atoms with Crippen LogP contribution >= 0.6 is 35.0 Å². The quantitative estimate of drug-likeness (QED) is 0.553. The van der Waals surface area contributed by atoms with Crippen molar-refractivity contribution in [3.05, 3.63) is 27.7 Å². The normalized spacial score (nSPS) is 10.3. The van der Waals surface area contributed by atoms with Gasteiger partial charge in [0.1, 0.15) is 5.75 Å². The highest BCUT2D eigenvalue weighted by Crippen LogP contribution is 2.31. The van der Waals surface area contributed by atoms with E-state index in [4.69, 9.17) is 27.9 Å². The number of carbonyl (C=O) groups excluding carboxylic acids is 1. The molecule has 17 heavy (non-hydrogen) atoms. The zero-order valence-corrected chi connectivity index (χ0v) is 11.9. The van der Waals surface area contributed by atoms with Gasteiger partial charge in [0.15, 0.2) is 6.29 Å². The van der Waals surface area contributed by atoms with Gasteiger partial charge in [-0.1, -0.05) is 30.1 Å². The first-order valence-corrected chi connectivity index (χ1v) is 7.24. The van der Waals surface area contributed by atoms with Gasteiger partial charge in [-0.15, -0.1) is 0 Å². The summed E-state index contributed by atoms with van der Waals surface area (Å²) < 4.78 is 5.53. The molecule has 94 valence electrons. The molecule has 5 heteroatoms. The van der Waals surface area contributed by atoms with Gasteiger partial charge < -0.3 is 4.74 Å². The van der Waals surface area contributed by atoms with E-state index in [0.29, 0.717) is 34.3 Å². The van der Waals surface area contributed by atoms with Crippen LogP contribution in [0.4, 0.5) is 0 Å². The van der Waals surface area contributed by atoms with Crippen molar-refractivity contribution in [3.63, 3.8) is 0 Å². The van der Waals surface area contributed by atoms with Gasteiger partial charge in [0.25, 0.3) is 0 Å². The second kappa shape index (κ2) is 7.85. The van der Waals surface area contributed by atoms with Gasteiger partial charge in [0.2, 0.25) is 0 Å². The number of hydrogen-bond acceptors (Lipinski definition) is 3. The van der Waals surface area contributed by atoms with Gasteiger partial charge >= 0.3 is 0 Å². The highest BCUT2D eigenvalue weighted by molar-refractivity contribution is 7.99. The van der Waals surface area contributed by atoms with E-state index in [-0.39, 0.29) is 0 Å². The summed E-state index contributed by atoms with van der Waals surface area (Å²) in [5, 5.41) is 0.814. The molecular formula is C12H14Cl2O2S. The zero-order valence-electron chi connectivity index (χ0n) is 9.54. The fourth-order valence-electron chi connectivity index (χ4n) is 1.30. The van der Waals surface area contributed by atoms with E-state index in [0.717, 1.165) is 17.9 Å². The average Bonchev–Trinajstić information content (AvgIpc) is 2.30. The Morgan fingerprint density at radius 3 is 2.82 bits per heavy atom. The maximum Gasteiger partial charge on any atom is 0.153 e. The molecule has 0 aliphatic rings. The third kappa shape index (κ3) is 4.78. The molecule has 0 aliphatic carbocycles. The number of carbonyl (C=O) groups is 1. The molecule has 0 saturated carbocycles. The monoisotopic (exact) mass is 292 g/mol. The minimum absolute atomic E-state index is 0.378. The van der Waals surface area contributed by atoms with Crippen LogP contribution in [0, 0.1) is 0 Å². The SMILES string of the molecule is CCSCCCOc1c(Cl)cc(Cl)cc1C=O. The molecule has 0 unspecified atom stereocenters. The lowest BCUT2D eigenvalue weighted by Gasteiger charge is -2.10. The highest BCUT2D eigenvalue weighted by Gasteiger charge is 2.09. The number of hydrogen-bond donors (Lipinski definition) is 0. The molecule has 0 bridgehead atoms. The van der Waals surface area contributed by atoms with Crippen molar-refractivity contribution in [1.82, 2.24) is 0 Å². The third-order valence-electron chi connectivity index (χ3n) is 2.05. The van der Waals surface area contributed by atoms with E-state index >= 15 is 0 Å². The van der Waals surface area contributed by atoms with Crippen LogP contribution in [0.3, 0.4) is 0 Å². The van der Waals surface area contributed by atoms with E-state index < -0.39 is 0 Å². The molecule has 1 aromatic rings. The highest BCUT2D eigenvalue weighted by atomic mass is 35.5. The van der Waals surface area contributed by atoms with Gasteiger partial charge in [0, 0.05) is 5.02 Å². The van der Waals surface area contributed by atoms with Crippen molar-refractivity contribution in [3.8, 4) is 5.75 Å².